The van der Waals surface area contributed by atoms with Gasteiger partial charge in [-0.15, -0.1) is 0 Å². The third kappa shape index (κ3) is 3.64. The highest BCUT2D eigenvalue weighted by Crippen LogP contribution is 2.13. The van der Waals surface area contributed by atoms with Crippen LogP contribution in [0.2, 0.25) is 0 Å². The molecule has 1 heterocycles. The Balaban J connectivity index is 2.08. The molecular weight excluding hydrogens is 276 g/mol. The normalized spacial score (nSPS) is 11.1. The van der Waals surface area contributed by atoms with E-state index in [4.69, 9.17) is 0 Å². The SMILES string of the molecule is Cc1ccc(S(=O)(=O)CC(=O)Nc2cccnc2)cc1. The fraction of sp³-hybridized carbons (Fsp3) is 0.143. The lowest BCUT2D eigenvalue weighted by Gasteiger charge is -2.06. The van der Waals surface area contributed by atoms with Crippen LogP contribution in [0.15, 0.2) is 53.7 Å². The number of benzene rings is 1. The van der Waals surface area contributed by atoms with Gasteiger partial charge in [-0.3, -0.25) is 9.78 Å². The van der Waals surface area contributed by atoms with Gasteiger partial charge < -0.3 is 5.32 Å². The van der Waals surface area contributed by atoms with Crippen molar-refractivity contribution in [3.8, 4) is 0 Å². The van der Waals surface area contributed by atoms with Crippen molar-refractivity contribution in [3.05, 3.63) is 54.4 Å². The lowest BCUT2D eigenvalue weighted by Crippen LogP contribution is -2.23. The summed E-state index contributed by atoms with van der Waals surface area (Å²) in [4.78, 5) is 15.7. The Hall–Kier alpha value is -2.21. The molecule has 104 valence electrons. The van der Waals surface area contributed by atoms with Crippen LogP contribution >= 0.6 is 0 Å². The van der Waals surface area contributed by atoms with E-state index in [-0.39, 0.29) is 4.90 Å². The van der Waals surface area contributed by atoms with Crippen molar-refractivity contribution in [2.75, 3.05) is 11.1 Å². The average molecular weight is 290 g/mol. The first-order valence-corrected chi connectivity index (χ1v) is 7.62. The number of hydrogen-bond acceptors (Lipinski definition) is 4. The monoisotopic (exact) mass is 290 g/mol. The number of sulfone groups is 1. The van der Waals surface area contributed by atoms with Crippen molar-refractivity contribution < 1.29 is 13.2 Å². The molecule has 0 bridgehead atoms. The third-order valence-electron chi connectivity index (χ3n) is 2.65. The van der Waals surface area contributed by atoms with Crippen LogP contribution in [-0.4, -0.2) is 25.1 Å². The topological polar surface area (TPSA) is 76.1 Å². The van der Waals surface area contributed by atoms with Gasteiger partial charge in [-0.1, -0.05) is 17.7 Å². The van der Waals surface area contributed by atoms with Gasteiger partial charge in [0.1, 0.15) is 5.75 Å². The maximum Gasteiger partial charge on any atom is 0.240 e. The summed E-state index contributed by atoms with van der Waals surface area (Å²) >= 11 is 0. The van der Waals surface area contributed by atoms with Crippen molar-refractivity contribution in [2.24, 2.45) is 0 Å². The fourth-order valence-electron chi connectivity index (χ4n) is 1.64. The Morgan fingerprint density at radius 2 is 1.90 bits per heavy atom. The number of nitrogens with one attached hydrogen (secondary N) is 1. The predicted octanol–water partition coefficient (Wildman–Crippen LogP) is 1.80. The van der Waals surface area contributed by atoms with Gasteiger partial charge >= 0.3 is 0 Å². The Kier molecular flexibility index (Phi) is 4.14. The van der Waals surface area contributed by atoms with Gasteiger partial charge in [0, 0.05) is 6.20 Å². The quantitative estimate of drug-likeness (QED) is 0.931. The summed E-state index contributed by atoms with van der Waals surface area (Å²) < 4.78 is 24.1. The summed E-state index contributed by atoms with van der Waals surface area (Å²) in [6, 6.07) is 9.70. The molecule has 2 rings (SSSR count). The molecule has 0 saturated carbocycles. The number of rotatable bonds is 4. The standard InChI is InChI=1S/C14H14N2O3S/c1-11-4-6-13(7-5-11)20(18,19)10-14(17)16-12-3-2-8-15-9-12/h2-9H,10H2,1H3,(H,16,17). The van der Waals surface area contributed by atoms with E-state index in [9.17, 15) is 13.2 Å². The summed E-state index contributed by atoms with van der Waals surface area (Å²) in [6.45, 7) is 1.87. The van der Waals surface area contributed by atoms with Crippen LogP contribution in [0.1, 0.15) is 5.56 Å². The van der Waals surface area contributed by atoms with Crippen molar-refractivity contribution in [2.45, 2.75) is 11.8 Å². The molecule has 0 atom stereocenters. The second-order valence-corrected chi connectivity index (χ2v) is 6.35. The summed E-state index contributed by atoms with van der Waals surface area (Å²) in [5.74, 6) is -1.18. The van der Waals surface area contributed by atoms with Crippen LogP contribution in [-0.2, 0) is 14.6 Å². The average Bonchev–Trinajstić information content (AvgIpc) is 2.39. The molecule has 5 nitrogen and oxygen atoms in total. The van der Waals surface area contributed by atoms with Crippen LogP contribution in [0.25, 0.3) is 0 Å². The number of hydrogen-bond donors (Lipinski definition) is 1. The van der Waals surface area contributed by atoms with Crippen molar-refractivity contribution in [1.82, 2.24) is 4.98 Å². The van der Waals surface area contributed by atoms with E-state index in [1.165, 1.54) is 18.3 Å². The molecule has 2 aromatic rings. The van der Waals surface area contributed by atoms with E-state index in [1.807, 2.05) is 6.92 Å². The summed E-state index contributed by atoms with van der Waals surface area (Å²) in [6.07, 6.45) is 3.02. The van der Waals surface area contributed by atoms with Gasteiger partial charge in [-0.2, -0.15) is 0 Å². The molecule has 0 aliphatic rings. The first-order chi connectivity index (χ1) is 9.47. The smallest absolute Gasteiger partial charge is 0.240 e. The Bertz CT molecular complexity index is 695. The van der Waals surface area contributed by atoms with Gasteiger partial charge in [-0.25, -0.2) is 8.42 Å². The van der Waals surface area contributed by atoms with Gasteiger partial charge in [0.05, 0.1) is 16.8 Å². The predicted molar refractivity (Wildman–Crippen MR) is 76.1 cm³/mol. The van der Waals surface area contributed by atoms with E-state index < -0.39 is 21.5 Å². The van der Waals surface area contributed by atoms with Gasteiger partial charge in [0.25, 0.3) is 0 Å². The number of amides is 1. The highest BCUT2D eigenvalue weighted by molar-refractivity contribution is 7.92. The summed E-state index contributed by atoms with van der Waals surface area (Å²) in [5.41, 5.74) is 1.43. The van der Waals surface area contributed by atoms with E-state index in [1.54, 1.807) is 30.5 Å². The van der Waals surface area contributed by atoms with Crippen LogP contribution < -0.4 is 5.32 Å². The van der Waals surface area contributed by atoms with Crippen molar-refractivity contribution in [3.63, 3.8) is 0 Å². The number of anilines is 1. The Morgan fingerprint density at radius 1 is 1.20 bits per heavy atom. The molecule has 6 heteroatoms. The minimum atomic E-state index is -3.63. The fourth-order valence-corrected chi connectivity index (χ4v) is 2.77. The number of pyridine rings is 1. The summed E-state index contributed by atoms with van der Waals surface area (Å²) in [7, 11) is -3.63. The van der Waals surface area contributed by atoms with E-state index in [2.05, 4.69) is 10.3 Å². The minimum Gasteiger partial charge on any atom is -0.324 e. The molecule has 0 spiro atoms. The number of nitrogens with zero attached hydrogens (tertiary/aromatic N) is 1. The molecule has 1 aromatic carbocycles. The second kappa shape index (κ2) is 5.83. The molecule has 0 unspecified atom stereocenters. The zero-order valence-electron chi connectivity index (χ0n) is 10.9. The molecule has 1 N–H and O–H groups in total. The van der Waals surface area contributed by atoms with Crippen LogP contribution in [0, 0.1) is 6.92 Å². The molecule has 1 aromatic heterocycles. The lowest BCUT2D eigenvalue weighted by atomic mass is 10.2. The molecule has 0 saturated heterocycles. The number of carbonyl (C=O) groups excluding carboxylic acids is 1. The van der Waals surface area contributed by atoms with E-state index in [0.717, 1.165) is 5.56 Å². The zero-order valence-corrected chi connectivity index (χ0v) is 11.7. The van der Waals surface area contributed by atoms with Gasteiger partial charge in [0.15, 0.2) is 9.84 Å². The van der Waals surface area contributed by atoms with Crippen molar-refractivity contribution >= 4 is 21.4 Å². The molecule has 0 aliphatic carbocycles. The molecule has 1 amide bonds. The first kappa shape index (κ1) is 14.2. The maximum atomic E-state index is 12.1. The number of aromatic nitrogens is 1. The highest BCUT2D eigenvalue weighted by Gasteiger charge is 2.19. The second-order valence-electron chi connectivity index (χ2n) is 4.36. The number of carbonyl (C=O) groups is 1. The van der Waals surface area contributed by atoms with Crippen molar-refractivity contribution in [1.29, 1.82) is 0 Å². The van der Waals surface area contributed by atoms with Gasteiger partial charge in [-0.05, 0) is 31.2 Å². The third-order valence-corrected chi connectivity index (χ3v) is 4.28. The number of aryl methyl sites for hydroxylation is 1. The van der Waals surface area contributed by atoms with Crippen LogP contribution in [0.3, 0.4) is 0 Å². The largest absolute Gasteiger partial charge is 0.324 e. The molecule has 0 radical (unpaired) electrons. The van der Waals surface area contributed by atoms with Crippen LogP contribution in [0.5, 0.6) is 0 Å². The minimum absolute atomic E-state index is 0.143. The molecule has 20 heavy (non-hydrogen) atoms. The Labute approximate surface area is 117 Å². The maximum absolute atomic E-state index is 12.1. The van der Waals surface area contributed by atoms with Gasteiger partial charge in [0.2, 0.25) is 5.91 Å². The molecule has 0 fully saturated rings. The lowest BCUT2D eigenvalue weighted by molar-refractivity contribution is -0.113. The molecular formula is C14H14N2O3S. The molecule has 0 aliphatic heterocycles. The van der Waals surface area contributed by atoms with Crippen LogP contribution in [0.4, 0.5) is 5.69 Å². The van der Waals surface area contributed by atoms with E-state index in [0.29, 0.717) is 5.69 Å². The zero-order chi connectivity index (χ0) is 14.6. The Morgan fingerprint density at radius 3 is 2.50 bits per heavy atom. The summed E-state index contributed by atoms with van der Waals surface area (Å²) in [5, 5.41) is 2.50. The highest BCUT2D eigenvalue weighted by atomic mass is 32.2. The van der Waals surface area contributed by atoms with E-state index >= 15 is 0 Å². The first-order valence-electron chi connectivity index (χ1n) is 5.97.